The normalized spacial score (nSPS) is 13.8. The van der Waals surface area contributed by atoms with Crippen LogP contribution in [0.4, 0.5) is 5.69 Å². The number of fused-ring (bicyclic) bond motifs is 2. The molecule has 0 bridgehead atoms. The van der Waals surface area contributed by atoms with Crippen molar-refractivity contribution in [2.45, 2.75) is 9.79 Å². The van der Waals surface area contributed by atoms with Crippen molar-refractivity contribution in [2.24, 2.45) is 4.99 Å². The van der Waals surface area contributed by atoms with Crippen LogP contribution in [0.15, 0.2) is 44.4 Å². The third-order valence-electron chi connectivity index (χ3n) is 2.18. The van der Waals surface area contributed by atoms with Crippen LogP contribution >= 0.6 is 46.3 Å². The van der Waals surface area contributed by atoms with Gasteiger partial charge in [-0.2, -0.15) is 0 Å². The lowest BCUT2D eigenvalue weighted by atomic mass is 10.3. The fraction of sp³-hybridized carbons (Fsp3) is 0. The summed E-state index contributed by atoms with van der Waals surface area (Å²) in [6, 6.07) is 7.69. The lowest BCUT2D eigenvalue weighted by molar-refractivity contribution is 1.38. The second kappa shape index (κ2) is 4.08. The van der Waals surface area contributed by atoms with Gasteiger partial charge in [0.25, 0.3) is 0 Å². The molecule has 2 heterocycles. The molecule has 1 aromatic heterocycles. The first-order chi connectivity index (χ1) is 7.74. The van der Waals surface area contributed by atoms with Crippen LogP contribution in [0.1, 0.15) is 4.88 Å². The highest BCUT2D eigenvalue weighted by Crippen LogP contribution is 2.43. The van der Waals surface area contributed by atoms with Gasteiger partial charge < -0.3 is 0 Å². The predicted octanol–water partition coefficient (Wildman–Crippen LogP) is 5.18. The Morgan fingerprint density at radius 3 is 2.81 bits per heavy atom. The van der Waals surface area contributed by atoms with Crippen molar-refractivity contribution in [1.29, 1.82) is 0 Å². The topological polar surface area (TPSA) is 12.4 Å². The summed E-state index contributed by atoms with van der Waals surface area (Å²) in [6.07, 6.45) is 0. The van der Waals surface area contributed by atoms with Gasteiger partial charge in [0.1, 0.15) is 5.17 Å². The molecule has 5 heteroatoms. The first-order valence-electron chi connectivity index (χ1n) is 4.53. The molecule has 1 aromatic carbocycles. The van der Waals surface area contributed by atoms with Gasteiger partial charge in [-0.15, -0.1) is 11.3 Å². The van der Waals surface area contributed by atoms with Crippen molar-refractivity contribution in [2.75, 3.05) is 0 Å². The van der Waals surface area contributed by atoms with E-state index < -0.39 is 0 Å². The molecule has 3 rings (SSSR count). The van der Waals surface area contributed by atoms with Crippen LogP contribution in [-0.4, -0.2) is 5.17 Å². The average molecular weight is 286 g/mol. The number of halogens is 2. The molecule has 0 saturated carbocycles. The van der Waals surface area contributed by atoms with Crippen molar-refractivity contribution < 1.29 is 0 Å². The van der Waals surface area contributed by atoms with Crippen LogP contribution < -0.4 is 0 Å². The lowest BCUT2D eigenvalue weighted by Crippen LogP contribution is -1.84. The summed E-state index contributed by atoms with van der Waals surface area (Å²) >= 11 is 15.4. The molecule has 16 heavy (non-hydrogen) atoms. The fourth-order valence-electron chi connectivity index (χ4n) is 1.47. The molecule has 0 amide bonds. The first kappa shape index (κ1) is 10.7. The van der Waals surface area contributed by atoms with Gasteiger partial charge in [-0.05, 0) is 29.6 Å². The molecule has 2 aromatic rings. The standard InChI is InChI=1S/C11H5Cl2NS2/c12-6-1-2-7-9(5-6)16-8-3-4-15-10(8)11(13)14-7/h1-5H. The molecule has 0 radical (unpaired) electrons. The van der Waals surface area contributed by atoms with Gasteiger partial charge in [0, 0.05) is 14.8 Å². The largest absolute Gasteiger partial charge is 0.234 e. The maximum atomic E-state index is 6.17. The number of aliphatic imine (C=N–C) groups is 1. The van der Waals surface area contributed by atoms with E-state index in [-0.39, 0.29) is 0 Å². The lowest BCUT2D eigenvalue weighted by Gasteiger charge is -2.02. The van der Waals surface area contributed by atoms with Crippen LogP contribution in [0.25, 0.3) is 0 Å². The quantitative estimate of drug-likeness (QED) is 0.649. The third-order valence-corrected chi connectivity index (χ3v) is 4.95. The van der Waals surface area contributed by atoms with Gasteiger partial charge in [0.05, 0.1) is 10.6 Å². The molecular formula is C11H5Cl2NS2. The number of nitrogens with zero attached hydrogens (tertiary/aromatic N) is 1. The Kier molecular flexibility index (Phi) is 2.72. The fourth-order valence-corrected chi connectivity index (χ4v) is 4.07. The van der Waals surface area contributed by atoms with Crippen LogP contribution in [0.3, 0.4) is 0 Å². The van der Waals surface area contributed by atoms with E-state index in [4.69, 9.17) is 23.2 Å². The second-order valence-corrected chi connectivity index (χ2v) is 6.03. The summed E-state index contributed by atoms with van der Waals surface area (Å²) in [4.78, 5) is 7.62. The van der Waals surface area contributed by atoms with Crippen LogP contribution in [-0.2, 0) is 0 Å². The van der Waals surface area contributed by atoms with Gasteiger partial charge >= 0.3 is 0 Å². The zero-order valence-electron chi connectivity index (χ0n) is 7.91. The van der Waals surface area contributed by atoms with Crippen LogP contribution in [0.5, 0.6) is 0 Å². The third kappa shape index (κ3) is 1.78. The second-order valence-electron chi connectivity index (χ2n) is 3.23. The van der Waals surface area contributed by atoms with Gasteiger partial charge in [-0.3, -0.25) is 0 Å². The van der Waals surface area contributed by atoms with Crippen LogP contribution in [0, 0.1) is 0 Å². The van der Waals surface area contributed by atoms with E-state index in [1.807, 2.05) is 23.6 Å². The van der Waals surface area contributed by atoms with Crippen LogP contribution in [0.2, 0.25) is 5.02 Å². The Hall–Kier alpha value is -0.480. The van der Waals surface area contributed by atoms with Crippen molar-refractivity contribution in [1.82, 2.24) is 0 Å². The molecule has 0 spiro atoms. The van der Waals surface area contributed by atoms with E-state index >= 15 is 0 Å². The number of benzene rings is 1. The maximum absolute atomic E-state index is 6.17. The minimum atomic E-state index is 0.554. The number of hydrogen-bond donors (Lipinski definition) is 0. The van der Waals surface area contributed by atoms with Gasteiger partial charge in [0.15, 0.2) is 0 Å². The highest BCUT2D eigenvalue weighted by atomic mass is 35.5. The SMILES string of the molecule is ClC1=Nc2ccc(Cl)cc2Sc2ccsc21. The van der Waals surface area contributed by atoms with Gasteiger partial charge in [-0.25, -0.2) is 4.99 Å². The average Bonchev–Trinajstić information content (AvgIpc) is 2.65. The summed E-state index contributed by atoms with van der Waals surface area (Å²) in [5, 5.41) is 3.29. The minimum Gasteiger partial charge on any atom is -0.234 e. The molecule has 1 nitrogen and oxygen atoms in total. The van der Waals surface area contributed by atoms with E-state index in [2.05, 4.69) is 11.1 Å². The number of rotatable bonds is 0. The minimum absolute atomic E-state index is 0.554. The Balaban J connectivity index is 2.23. The van der Waals surface area contributed by atoms with Crippen molar-refractivity contribution in [3.05, 3.63) is 39.5 Å². The zero-order chi connectivity index (χ0) is 11.1. The molecular weight excluding hydrogens is 281 g/mol. The molecule has 0 atom stereocenters. The predicted molar refractivity (Wildman–Crippen MR) is 71.9 cm³/mol. The highest BCUT2D eigenvalue weighted by Gasteiger charge is 2.17. The Bertz CT molecular complexity index is 589. The van der Waals surface area contributed by atoms with E-state index in [9.17, 15) is 0 Å². The molecule has 0 unspecified atom stereocenters. The molecule has 1 aliphatic rings. The van der Waals surface area contributed by atoms with Crippen molar-refractivity contribution in [3.8, 4) is 0 Å². The summed E-state index contributed by atoms with van der Waals surface area (Å²) in [5.41, 5.74) is 0.878. The molecule has 80 valence electrons. The highest BCUT2D eigenvalue weighted by molar-refractivity contribution is 7.99. The summed E-state index contributed by atoms with van der Waals surface area (Å²) in [7, 11) is 0. The smallest absolute Gasteiger partial charge is 0.148 e. The van der Waals surface area contributed by atoms with Crippen molar-refractivity contribution >= 4 is 57.2 Å². The Morgan fingerprint density at radius 1 is 1.06 bits per heavy atom. The zero-order valence-corrected chi connectivity index (χ0v) is 11.1. The van der Waals surface area contributed by atoms with E-state index in [0.717, 1.165) is 25.4 Å². The molecule has 0 saturated heterocycles. The first-order valence-corrected chi connectivity index (χ1v) is 6.99. The number of hydrogen-bond acceptors (Lipinski definition) is 3. The molecule has 0 aliphatic carbocycles. The summed E-state index contributed by atoms with van der Waals surface area (Å²) in [5.74, 6) is 0. The van der Waals surface area contributed by atoms with Gasteiger partial charge in [-0.1, -0.05) is 35.0 Å². The van der Waals surface area contributed by atoms with E-state index in [0.29, 0.717) is 5.17 Å². The maximum Gasteiger partial charge on any atom is 0.148 e. The van der Waals surface area contributed by atoms with E-state index in [1.54, 1.807) is 23.1 Å². The molecule has 0 fully saturated rings. The van der Waals surface area contributed by atoms with E-state index in [1.165, 1.54) is 0 Å². The van der Waals surface area contributed by atoms with Crippen molar-refractivity contribution in [3.63, 3.8) is 0 Å². The Labute approximate surface area is 111 Å². The summed E-state index contributed by atoms with van der Waals surface area (Å²) < 4.78 is 0. The summed E-state index contributed by atoms with van der Waals surface area (Å²) in [6.45, 7) is 0. The number of thiophene rings is 1. The molecule has 1 aliphatic heterocycles. The monoisotopic (exact) mass is 285 g/mol. The van der Waals surface area contributed by atoms with Gasteiger partial charge in [0.2, 0.25) is 0 Å². The molecule has 0 N–H and O–H groups in total. The Morgan fingerprint density at radius 2 is 1.94 bits per heavy atom.